The van der Waals surface area contributed by atoms with Crippen molar-refractivity contribution in [3.05, 3.63) is 40.8 Å². The molecule has 0 saturated carbocycles. The number of hydrogen-bond donors (Lipinski definition) is 2. The molecule has 3 N–H and O–H groups in total. The number of alkyl halides is 3. The topological polar surface area (TPSA) is 63.8 Å². The van der Waals surface area contributed by atoms with E-state index in [0.717, 1.165) is 12.1 Å². The summed E-state index contributed by atoms with van der Waals surface area (Å²) in [6, 6.07) is 3.27. The summed E-state index contributed by atoms with van der Waals surface area (Å²) in [5.41, 5.74) is 5.32. The number of nitrogens with two attached hydrogens (primary N) is 1. The first-order valence-corrected chi connectivity index (χ1v) is 5.86. The summed E-state index contributed by atoms with van der Waals surface area (Å²) < 4.78 is 38.3. The molecule has 0 aliphatic heterocycles. The molecule has 100 valence electrons. The second-order valence-corrected chi connectivity index (χ2v) is 4.50. The van der Waals surface area contributed by atoms with Crippen LogP contribution in [0, 0.1) is 0 Å². The van der Waals surface area contributed by atoms with Crippen molar-refractivity contribution in [3.8, 4) is 0 Å². The highest BCUT2D eigenvalue weighted by Gasteiger charge is 2.31. The Morgan fingerprint density at radius 3 is 2.63 bits per heavy atom. The second kappa shape index (κ2) is 5.04. The zero-order valence-corrected chi connectivity index (χ0v) is 11.0. The van der Waals surface area contributed by atoms with Gasteiger partial charge in [0, 0.05) is 4.47 Å². The molecule has 4 nitrogen and oxygen atoms in total. The van der Waals surface area contributed by atoms with Crippen LogP contribution in [0.25, 0.3) is 0 Å². The molecule has 0 unspecified atom stereocenters. The van der Waals surface area contributed by atoms with E-state index in [9.17, 15) is 13.2 Å². The zero-order chi connectivity index (χ0) is 14.0. The summed E-state index contributed by atoms with van der Waals surface area (Å²) >= 11 is 3.17. The van der Waals surface area contributed by atoms with Crippen LogP contribution in [0.5, 0.6) is 0 Å². The molecule has 1 aromatic heterocycles. The molecule has 2 rings (SSSR count). The lowest BCUT2D eigenvalue weighted by Crippen LogP contribution is -2.06. The number of nitrogen functional groups attached to an aromatic ring is 1. The van der Waals surface area contributed by atoms with Crippen LogP contribution >= 0.6 is 15.9 Å². The van der Waals surface area contributed by atoms with E-state index in [-0.39, 0.29) is 17.2 Å². The predicted octanol–water partition coefficient (Wildman–Crippen LogP) is 3.58. The number of anilines is 3. The first-order chi connectivity index (χ1) is 8.88. The fourth-order valence-corrected chi connectivity index (χ4v) is 1.72. The summed E-state index contributed by atoms with van der Waals surface area (Å²) in [6.07, 6.45) is -1.80. The van der Waals surface area contributed by atoms with Crippen LogP contribution in [0.3, 0.4) is 0 Å². The standard InChI is InChI=1S/C11H8BrF3N4/c12-7-2-1-6(11(13,14)15)3-9(7)19-10-8(16)4-17-5-18-10/h1-5H,16H2,(H,17,18,19). The van der Waals surface area contributed by atoms with Gasteiger partial charge in [0.15, 0.2) is 5.82 Å². The largest absolute Gasteiger partial charge is 0.416 e. The Kier molecular flexibility index (Phi) is 3.61. The lowest BCUT2D eigenvalue weighted by Gasteiger charge is -2.12. The van der Waals surface area contributed by atoms with E-state index in [2.05, 4.69) is 31.2 Å². The van der Waals surface area contributed by atoms with Crippen molar-refractivity contribution in [2.45, 2.75) is 6.18 Å². The van der Waals surface area contributed by atoms with Gasteiger partial charge in [-0.3, -0.25) is 0 Å². The minimum Gasteiger partial charge on any atom is -0.394 e. The van der Waals surface area contributed by atoms with Crippen LogP contribution in [-0.4, -0.2) is 9.97 Å². The van der Waals surface area contributed by atoms with Gasteiger partial charge in [-0.15, -0.1) is 0 Å². The van der Waals surface area contributed by atoms with Gasteiger partial charge in [0.05, 0.1) is 23.1 Å². The fraction of sp³-hybridized carbons (Fsp3) is 0.0909. The first kappa shape index (κ1) is 13.6. The fourth-order valence-electron chi connectivity index (χ4n) is 1.37. The second-order valence-electron chi connectivity index (χ2n) is 3.64. The summed E-state index contributed by atoms with van der Waals surface area (Å²) in [4.78, 5) is 7.56. The van der Waals surface area contributed by atoms with E-state index in [1.165, 1.54) is 18.6 Å². The van der Waals surface area contributed by atoms with Gasteiger partial charge in [-0.2, -0.15) is 13.2 Å². The number of rotatable bonds is 2. The molecule has 0 aliphatic rings. The third kappa shape index (κ3) is 3.14. The minimum absolute atomic E-state index is 0.222. The Hall–Kier alpha value is -1.83. The third-order valence-corrected chi connectivity index (χ3v) is 2.98. The van der Waals surface area contributed by atoms with Crippen LogP contribution in [0.4, 0.5) is 30.4 Å². The van der Waals surface area contributed by atoms with Crippen LogP contribution < -0.4 is 11.1 Å². The van der Waals surface area contributed by atoms with Crippen LogP contribution in [0.2, 0.25) is 0 Å². The van der Waals surface area contributed by atoms with Gasteiger partial charge >= 0.3 is 6.18 Å². The Balaban J connectivity index is 2.38. The maximum Gasteiger partial charge on any atom is 0.416 e. The van der Waals surface area contributed by atoms with Gasteiger partial charge in [0.1, 0.15) is 6.33 Å². The van der Waals surface area contributed by atoms with Crippen molar-refractivity contribution < 1.29 is 13.2 Å². The molecule has 19 heavy (non-hydrogen) atoms. The van der Waals surface area contributed by atoms with Crippen LogP contribution in [-0.2, 0) is 6.18 Å². The molecule has 0 aliphatic carbocycles. The van der Waals surface area contributed by atoms with Crippen LogP contribution in [0.15, 0.2) is 35.2 Å². The van der Waals surface area contributed by atoms with E-state index in [4.69, 9.17) is 5.73 Å². The number of hydrogen-bond acceptors (Lipinski definition) is 4. The van der Waals surface area contributed by atoms with Gasteiger partial charge in [-0.1, -0.05) is 0 Å². The van der Waals surface area contributed by atoms with Gasteiger partial charge in [0.2, 0.25) is 0 Å². The Morgan fingerprint density at radius 1 is 1.26 bits per heavy atom. The average molecular weight is 333 g/mol. The summed E-state index contributed by atoms with van der Waals surface area (Å²) in [6.45, 7) is 0. The molecular weight excluding hydrogens is 325 g/mol. The van der Waals surface area contributed by atoms with Gasteiger partial charge < -0.3 is 11.1 Å². The van der Waals surface area contributed by atoms with Gasteiger partial charge in [-0.05, 0) is 34.1 Å². The molecular formula is C11H8BrF3N4. The number of benzene rings is 1. The third-order valence-electron chi connectivity index (χ3n) is 2.29. The molecule has 8 heteroatoms. The number of aromatic nitrogens is 2. The first-order valence-electron chi connectivity index (χ1n) is 5.07. The van der Waals surface area contributed by atoms with Crippen molar-refractivity contribution in [3.63, 3.8) is 0 Å². The van der Waals surface area contributed by atoms with E-state index in [0.29, 0.717) is 4.47 Å². The molecule has 0 bridgehead atoms. The van der Waals surface area contributed by atoms with Gasteiger partial charge in [0.25, 0.3) is 0 Å². The maximum atomic E-state index is 12.6. The molecule has 0 amide bonds. The zero-order valence-electron chi connectivity index (χ0n) is 9.37. The van der Waals surface area contributed by atoms with Crippen molar-refractivity contribution in [1.82, 2.24) is 9.97 Å². The van der Waals surface area contributed by atoms with E-state index < -0.39 is 11.7 Å². The Bertz CT molecular complexity index is 601. The molecule has 1 heterocycles. The lowest BCUT2D eigenvalue weighted by atomic mass is 10.2. The highest BCUT2D eigenvalue weighted by atomic mass is 79.9. The minimum atomic E-state index is -4.41. The smallest absolute Gasteiger partial charge is 0.394 e. The average Bonchev–Trinajstić information content (AvgIpc) is 2.33. The molecule has 0 radical (unpaired) electrons. The quantitative estimate of drug-likeness (QED) is 0.882. The summed E-state index contributed by atoms with van der Waals surface area (Å²) in [5, 5.41) is 2.73. The molecule has 0 atom stereocenters. The van der Waals surface area contributed by atoms with Gasteiger partial charge in [-0.25, -0.2) is 9.97 Å². The van der Waals surface area contributed by atoms with E-state index in [1.807, 2.05) is 0 Å². The molecule has 1 aromatic carbocycles. The number of nitrogens with zero attached hydrogens (tertiary/aromatic N) is 2. The van der Waals surface area contributed by atoms with E-state index in [1.54, 1.807) is 0 Å². The van der Waals surface area contributed by atoms with Crippen molar-refractivity contribution in [2.24, 2.45) is 0 Å². The SMILES string of the molecule is Nc1cncnc1Nc1cc(C(F)(F)F)ccc1Br. The van der Waals surface area contributed by atoms with Crippen molar-refractivity contribution in [1.29, 1.82) is 0 Å². The van der Waals surface area contributed by atoms with Crippen molar-refractivity contribution >= 4 is 33.1 Å². The molecule has 2 aromatic rings. The lowest BCUT2D eigenvalue weighted by molar-refractivity contribution is -0.137. The summed E-state index contributed by atoms with van der Waals surface area (Å²) in [7, 11) is 0. The highest BCUT2D eigenvalue weighted by molar-refractivity contribution is 9.10. The van der Waals surface area contributed by atoms with Crippen LogP contribution in [0.1, 0.15) is 5.56 Å². The number of halogens is 4. The predicted molar refractivity (Wildman–Crippen MR) is 68.9 cm³/mol. The molecule has 0 fully saturated rings. The summed E-state index contributed by atoms with van der Waals surface area (Å²) in [5.74, 6) is 0.245. The number of nitrogens with one attached hydrogen (secondary N) is 1. The van der Waals surface area contributed by atoms with E-state index >= 15 is 0 Å². The highest BCUT2D eigenvalue weighted by Crippen LogP contribution is 2.35. The molecule has 0 saturated heterocycles. The Morgan fingerprint density at radius 2 is 2.00 bits per heavy atom. The maximum absolute atomic E-state index is 12.6. The Labute approximate surface area is 115 Å². The normalized spacial score (nSPS) is 11.4. The van der Waals surface area contributed by atoms with Crippen molar-refractivity contribution in [2.75, 3.05) is 11.1 Å². The monoisotopic (exact) mass is 332 g/mol. The molecule has 0 spiro atoms.